The number of oxime groups is 1. The largest absolute Gasteiger partial charge is 0.409 e. The summed E-state index contributed by atoms with van der Waals surface area (Å²) in [6, 6.07) is 6.15. The highest BCUT2D eigenvalue weighted by atomic mass is 16.4. The Morgan fingerprint density at radius 3 is 2.50 bits per heavy atom. The first-order valence-corrected chi connectivity index (χ1v) is 5.33. The van der Waals surface area contributed by atoms with Crippen molar-refractivity contribution in [1.82, 2.24) is 0 Å². The van der Waals surface area contributed by atoms with Gasteiger partial charge in [-0.3, -0.25) is 0 Å². The molecule has 0 aliphatic carbocycles. The molecule has 4 N–H and O–H groups in total. The van der Waals surface area contributed by atoms with Gasteiger partial charge in [0.15, 0.2) is 0 Å². The molecule has 1 unspecified atom stereocenters. The first-order valence-electron chi connectivity index (χ1n) is 5.33. The van der Waals surface area contributed by atoms with Crippen LogP contribution in [0.5, 0.6) is 0 Å². The zero-order chi connectivity index (χ0) is 12.1. The van der Waals surface area contributed by atoms with E-state index in [0.717, 1.165) is 5.69 Å². The van der Waals surface area contributed by atoms with E-state index in [1.54, 1.807) is 0 Å². The molecule has 0 radical (unpaired) electrons. The van der Waals surface area contributed by atoms with Gasteiger partial charge in [-0.25, -0.2) is 0 Å². The molecule has 0 fully saturated rings. The first-order chi connectivity index (χ1) is 7.56. The second-order valence-electron chi connectivity index (χ2n) is 4.07. The molecule has 0 heterocycles. The van der Waals surface area contributed by atoms with Gasteiger partial charge in [-0.2, -0.15) is 0 Å². The van der Waals surface area contributed by atoms with Crippen molar-refractivity contribution in [2.45, 2.75) is 20.8 Å². The number of anilines is 1. The zero-order valence-corrected chi connectivity index (χ0v) is 9.99. The van der Waals surface area contributed by atoms with Crippen molar-refractivity contribution < 1.29 is 5.21 Å². The van der Waals surface area contributed by atoms with Gasteiger partial charge >= 0.3 is 0 Å². The van der Waals surface area contributed by atoms with E-state index >= 15 is 0 Å². The molecule has 0 saturated heterocycles. The summed E-state index contributed by atoms with van der Waals surface area (Å²) in [5.74, 6) is 0.253. The Labute approximate surface area is 96.2 Å². The average Bonchev–Trinajstić information content (AvgIpc) is 2.27. The minimum atomic E-state index is 0.00371. The van der Waals surface area contributed by atoms with Crippen LogP contribution >= 0.6 is 0 Å². The normalized spacial score (nSPS) is 13.6. The van der Waals surface area contributed by atoms with Crippen molar-refractivity contribution in [2.75, 3.05) is 11.9 Å². The fourth-order valence-corrected chi connectivity index (χ4v) is 1.55. The summed E-state index contributed by atoms with van der Waals surface area (Å²) in [5, 5.41) is 14.9. The molecule has 4 nitrogen and oxygen atoms in total. The summed E-state index contributed by atoms with van der Waals surface area (Å²) >= 11 is 0. The summed E-state index contributed by atoms with van der Waals surface area (Å²) in [7, 11) is 0. The van der Waals surface area contributed by atoms with Gasteiger partial charge in [-0.05, 0) is 25.0 Å². The van der Waals surface area contributed by atoms with Crippen molar-refractivity contribution in [3.63, 3.8) is 0 Å². The van der Waals surface area contributed by atoms with Crippen LogP contribution in [0.1, 0.15) is 18.1 Å². The molecule has 0 bridgehead atoms. The van der Waals surface area contributed by atoms with Gasteiger partial charge in [-0.15, -0.1) is 0 Å². The van der Waals surface area contributed by atoms with Crippen LogP contribution in [-0.2, 0) is 0 Å². The van der Waals surface area contributed by atoms with E-state index in [-0.39, 0.29) is 11.8 Å². The van der Waals surface area contributed by atoms with Gasteiger partial charge in [0.1, 0.15) is 5.84 Å². The number of benzene rings is 1. The number of rotatable bonds is 4. The van der Waals surface area contributed by atoms with Gasteiger partial charge < -0.3 is 16.3 Å². The maximum atomic E-state index is 8.55. The minimum absolute atomic E-state index is 0.00371. The van der Waals surface area contributed by atoms with E-state index in [9.17, 15) is 0 Å². The van der Waals surface area contributed by atoms with Crippen molar-refractivity contribution in [2.24, 2.45) is 16.8 Å². The molecule has 1 rings (SSSR count). The predicted octanol–water partition coefficient (Wildman–Crippen LogP) is 2.10. The number of hydrogen-bond donors (Lipinski definition) is 3. The zero-order valence-electron chi connectivity index (χ0n) is 9.99. The average molecular weight is 221 g/mol. The molecule has 0 aliphatic heterocycles. The molecule has 16 heavy (non-hydrogen) atoms. The van der Waals surface area contributed by atoms with Gasteiger partial charge in [0, 0.05) is 18.2 Å². The van der Waals surface area contributed by atoms with Gasteiger partial charge in [0.05, 0.1) is 0 Å². The van der Waals surface area contributed by atoms with Gasteiger partial charge in [0.2, 0.25) is 0 Å². The van der Waals surface area contributed by atoms with E-state index in [2.05, 4.69) is 36.5 Å². The molecule has 0 aromatic heterocycles. The molecule has 1 aromatic rings. The van der Waals surface area contributed by atoms with Gasteiger partial charge in [-0.1, -0.05) is 30.3 Å². The topological polar surface area (TPSA) is 70.6 Å². The van der Waals surface area contributed by atoms with Crippen LogP contribution in [0.4, 0.5) is 5.69 Å². The highest BCUT2D eigenvalue weighted by Crippen LogP contribution is 2.19. The number of nitrogens with two attached hydrogens (primary N) is 1. The van der Waals surface area contributed by atoms with Crippen LogP contribution in [0.25, 0.3) is 0 Å². The van der Waals surface area contributed by atoms with Crippen molar-refractivity contribution in [3.8, 4) is 0 Å². The fourth-order valence-electron chi connectivity index (χ4n) is 1.55. The predicted molar refractivity (Wildman–Crippen MR) is 67.0 cm³/mol. The monoisotopic (exact) mass is 221 g/mol. The lowest BCUT2D eigenvalue weighted by Crippen LogP contribution is -2.27. The highest BCUT2D eigenvalue weighted by Gasteiger charge is 2.08. The Hall–Kier alpha value is -1.71. The lowest BCUT2D eigenvalue weighted by atomic mass is 10.1. The third-order valence-electron chi connectivity index (χ3n) is 2.69. The Morgan fingerprint density at radius 2 is 2.00 bits per heavy atom. The number of hydrogen-bond acceptors (Lipinski definition) is 3. The van der Waals surface area contributed by atoms with Crippen LogP contribution < -0.4 is 11.1 Å². The molecule has 0 amide bonds. The first kappa shape index (κ1) is 12.4. The van der Waals surface area contributed by atoms with E-state index in [4.69, 9.17) is 10.9 Å². The lowest BCUT2D eigenvalue weighted by Gasteiger charge is -2.15. The van der Waals surface area contributed by atoms with Crippen LogP contribution in [-0.4, -0.2) is 17.6 Å². The SMILES string of the molecule is Cc1cccc(C)c1NCC(C)C(N)=NO. The smallest absolute Gasteiger partial charge is 0.143 e. The molecule has 0 aliphatic rings. The van der Waals surface area contributed by atoms with E-state index in [0.29, 0.717) is 6.54 Å². The number of amidine groups is 1. The maximum Gasteiger partial charge on any atom is 0.143 e. The van der Waals surface area contributed by atoms with E-state index in [1.807, 2.05) is 13.0 Å². The standard InChI is InChI=1S/C12H19N3O/c1-8-5-4-6-9(2)11(8)14-7-10(3)12(13)15-16/h4-6,10,14,16H,7H2,1-3H3,(H2,13,15). The number of para-hydroxylation sites is 1. The minimum Gasteiger partial charge on any atom is -0.409 e. The Bertz CT molecular complexity index is 368. The van der Waals surface area contributed by atoms with Crippen molar-refractivity contribution in [3.05, 3.63) is 29.3 Å². The number of aryl methyl sites for hydroxylation is 2. The molecule has 88 valence electrons. The molecule has 1 atom stereocenters. The lowest BCUT2D eigenvalue weighted by molar-refractivity contribution is 0.315. The Kier molecular flexibility index (Phi) is 4.17. The summed E-state index contributed by atoms with van der Waals surface area (Å²) in [6.45, 7) is 6.68. The molecule has 4 heteroatoms. The second-order valence-corrected chi connectivity index (χ2v) is 4.07. The van der Waals surface area contributed by atoms with Crippen LogP contribution in [0.15, 0.2) is 23.4 Å². The molecular weight excluding hydrogens is 202 g/mol. The highest BCUT2D eigenvalue weighted by molar-refractivity contribution is 5.82. The molecule has 0 saturated carbocycles. The third kappa shape index (κ3) is 2.89. The summed E-state index contributed by atoms with van der Waals surface area (Å²) < 4.78 is 0. The van der Waals surface area contributed by atoms with Crippen LogP contribution in [0.2, 0.25) is 0 Å². The van der Waals surface area contributed by atoms with Crippen molar-refractivity contribution >= 4 is 11.5 Å². The van der Waals surface area contributed by atoms with Crippen molar-refractivity contribution in [1.29, 1.82) is 0 Å². The van der Waals surface area contributed by atoms with Crippen LogP contribution in [0, 0.1) is 19.8 Å². The van der Waals surface area contributed by atoms with E-state index < -0.39 is 0 Å². The van der Waals surface area contributed by atoms with E-state index in [1.165, 1.54) is 11.1 Å². The number of nitrogens with one attached hydrogen (secondary N) is 1. The summed E-state index contributed by atoms with van der Waals surface area (Å²) in [4.78, 5) is 0. The second kappa shape index (κ2) is 5.39. The molecule has 1 aromatic carbocycles. The third-order valence-corrected chi connectivity index (χ3v) is 2.69. The van der Waals surface area contributed by atoms with Crippen LogP contribution in [0.3, 0.4) is 0 Å². The maximum absolute atomic E-state index is 8.55. The summed E-state index contributed by atoms with van der Waals surface area (Å²) in [6.07, 6.45) is 0. The quantitative estimate of drug-likeness (QED) is 0.315. The molecule has 0 spiro atoms. The fraction of sp³-hybridized carbons (Fsp3) is 0.417. The van der Waals surface area contributed by atoms with Gasteiger partial charge in [0.25, 0.3) is 0 Å². The molecular formula is C12H19N3O. The number of nitrogens with zero attached hydrogens (tertiary/aromatic N) is 1. The Balaban J connectivity index is 2.68. The summed E-state index contributed by atoms with van der Waals surface area (Å²) in [5.41, 5.74) is 9.04. The Morgan fingerprint density at radius 1 is 1.44 bits per heavy atom.